The van der Waals surface area contributed by atoms with Crippen molar-refractivity contribution >= 4 is 5.96 Å². The lowest BCUT2D eigenvalue weighted by Gasteiger charge is -2.30. The predicted molar refractivity (Wildman–Crippen MR) is 87.2 cm³/mol. The van der Waals surface area contributed by atoms with Gasteiger partial charge >= 0.3 is 0 Å². The van der Waals surface area contributed by atoms with Crippen LogP contribution in [0.25, 0.3) is 11.3 Å². The standard InChI is InChI=1S/C17H22N4O/c1-13-7-9-21(10-8-13)17(18)19-12-15-11-16(22-20-15)14-5-3-2-4-6-14/h2-6,11,13H,7-10,12H2,1H3,(H2,18,19). The molecule has 1 aromatic heterocycles. The van der Waals surface area contributed by atoms with Gasteiger partial charge in [0, 0.05) is 24.7 Å². The zero-order valence-electron chi connectivity index (χ0n) is 12.9. The van der Waals surface area contributed by atoms with Crippen LogP contribution in [0.1, 0.15) is 25.5 Å². The van der Waals surface area contributed by atoms with E-state index in [9.17, 15) is 0 Å². The molecule has 0 atom stereocenters. The van der Waals surface area contributed by atoms with Gasteiger partial charge in [0.2, 0.25) is 0 Å². The average molecular weight is 298 g/mol. The van der Waals surface area contributed by atoms with Crippen molar-refractivity contribution in [3.05, 3.63) is 42.1 Å². The van der Waals surface area contributed by atoms with Gasteiger partial charge in [0.15, 0.2) is 11.7 Å². The highest BCUT2D eigenvalue weighted by Crippen LogP contribution is 2.20. The number of nitrogens with zero attached hydrogens (tertiary/aromatic N) is 3. The molecule has 0 amide bonds. The topological polar surface area (TPSA) is 67.7 Å². The maximum Gasteiger partial charge on any atom is 0.191 e. The van der Waals surface area contributed by atoms with E-state index >= 15 is 0 Å². The monoisotopic (exact) mass is 298 g/mol. The Labute approximate surface area is 130 Å². The maximum absolute atomic E-state index is 6.08. The van der Waals surface area contributed by atoms with Crippen LogP contribution >= 0.6 is 0 Å². The van der Waals surface area contributed by atoms with E-state index in [1.54, 1.807) is 0 Å². The highest BCUT2D eigenvalue weighted by molar-refractivity contribution is 5.78. The van der Waals surface area contributed by atoms with Crippen molar-refractivity contribution in [2.75, 3.05) is 13.1 Å². The molecule has 0 aliphatic carbocycles. The van der Waals surface area contributed by atoms with E-state index in [1.807, 2.05) is 36.4 Å². The molecule has 0 radical (unpaired) electrons. The predicted octanol–water partition coefficient (Wildman–Crippen LogP) is 2.89. The molecule has 0 unspecified atom stereocenters. The molecule has 0 bridgehead atoms. The summed E-state index contributed by atoms with van der Waals surface area (Å²) in [6, 6.07) is 11.8. The molecule has 22 heavy (non-hydrogen) atoms. The summed E-state index contributed by atoms with van der Waals surface area (Å²) in [6.07, 6.45) is 2.36. The van der Waals surface area contributed by atoms with Gasteiger partial charge in [0.05, 0.1) is 6.54 Å². The molecule has 0 saturated carbocycles. The molecule has 5 heteroatoms. The summed E-state index contributed by atoms with van der Waals surface area (Å²) >= 11 is 0. The summed E-state index contributed by atoms with van der Waals surface area (Å²) in [5, 5.41) is 4.07. The average Bonchev–Trinajstić information content (AvgIpc) is 3.03. The molecule has 2 heterocycles. The van der Waals surface area contributed by atoms with E-state index in [0.29, 0.717) is 12.5 Å². The Bertz CT molecular complexity index is 627. The first-order valence-corrected chi connectivity index (χ1v) is 7.78. The highest BCUT2D eigenvalue weighted by Gasteiger charge is 2.17. The van der Waals surface area contributed by atoms with Gasteiger partial charge in [0.1, 0.15) is 5.69 Å². The molecule has 1 aliphatic heterocycles. The Kier molecular flexibility index (Phi) is 4.42. The fourth-order valence-electron chi connectivity index (χ4n) is 2.62. The first kappa shape index (κ1) is 14.6. The number of nitrogens with two attached hydrogens (primary N) is 1. The Morgan fingerprint density at radius 3 is 2.77 bits per heavy atom. The van der Waals surface area contributed by atoms with Crippen molar-refractivity contribution < 1.29 is 4.52 Å². The minimum Gasteiger partial charge on any atom is -0.370 e. The summed E-state index contributed by atoms with van der Waals surface area (Å²) in [6.45, 7) is 4.72. The number of hydrogen-bond acceptors (Lipinski definition) is 3. The van der Waals surface area contributed by atoms with Crippen molar-refractivity contribution in [3.63, 3.8) is 0 Å². The van der Waals surface area contributed by atoms with Crippen molar-refractivity contribution in [1.82, 2.24) is 10.1 Å². The summed E-state index contributed by atoms with van der Waals surface area (Å²) in [5.41, 5.74) is 7.89. The number of aromatic nitrogens is 1. The van der Waals surface area contributed by atoms with E-state index in [0.717, 1.165) is 36.0 Å². The molecule has 1 fully saturated rings. The zero-order chi connectivity index (χ0) is 15.4. The number of guanidine groups is 1. The van der Waals surface area contributed by atoms with Gasteiger partial charge < -0.3 is 15.2 Å². The SMILES string of the molecule is CC1CCN(C(N)=NCc2cc(-c3ccccc3)on2)CC1. The normalized spacial score (nSPS) is 17.0. The fraction of sp³-hybridized carbons (Fsp3) is 0.412. The smallest absolute Gasteiger partial charge is 0.191 e. The van der Waals surface area contributed by atoms with Gasteiger partial charge in [-0.2, -0.15) is 0 Å². The summed E-state index contributed by atoms with van der Waals surface area (Å²) < 4.78 is 5.37. The molecule has 0 spiro atoms. The van der Waals surface area contributed by atoms with Gasteiger partial charge in [-0.25, -0.2) is 4.99 Å². The molecule has 3 rings (SSSR count). The Hall–Kier alpha value is -2.30. The zero-order valence-corrected chi connectivity index (χ0v) is 12.9. The van der Waals surface area contributed by atoms with Crippen molar-refractivity contribution in [2.45, 2.75) is 26.3 Å². The minimum atomic E-state index is 0.453. The molecular weight excluding hydrogens is 276 g/mol. The third kappa shape index (κ3) is 3.47. The Balaban J connectivity index is 1.62. The highest BCUT2D eigenvalue weighted by atomic mass is 16.5. The molecule has 5 nitrogen and oxygen atoms in total. The van der Waals surface area contributed by atoms with Crippen LogP contribution in [-0.2, 0) is 6.54 Å². The van der Waals surface area contributed by atoms with Crippen LogP contribution in [0, 0.1) is 5.92 Å². The van der Waals surface area contributed by atoms with Crippen LogP contribution in [0.4, 0.5) is 0 Å². The Morgan fingerprint density at radius 1 is 1.32 bits per heavy atom. The molecule has 116 valence electrons. The van der Waals surface area contributed by atoms with Crippen LogP contribution in [0.3, 0.4) is 0 Å². The van der Waals surface area contributed by atoms with E-state index < -0.39 is 0 Å². The largest absolute Gasteiger partial charge is 0.370 e. The van der Waals surface area contributed by atoms with Gasteiger partial charge in [-0.1, -0.05) is 42.4 Å². The lowest BCUT2D eigenvalue weighted by molar-refractivity contribution is 0.277. The summed E-state index contributed by atoms with van der Waals surface area (Å²) in [7, 11) is 0. The maximum atomic E-state index is 6.08. The lowest BCUT2D eigenvalue weighted by Crippen LogP contribution is -2.42. The second-order valence-corrected chi connectivity index (χ2v) is 5.89. The molecule has 2 aromatic rings. The van der Waals surface area contributed by atoms with Crippen molar-refractivity contribution in [2.24, 2.45) is 16.6 Å². The number of likely N-dealkylation sites (tertiary alicyclic amines) is 1. The number of hydrogen-bond donors (Lipinski definition) is 1. The lowest BCUT2D eigenvalue weighted by atomic mass is 10.00. The van der Waals surface area contributed by atoms with Crippen LogP contribution in [0.5, 0.6) is 0 Å². The first-order valence-electron chi connectivity index (χ1n) is 7.78. The van der Waals surface area contributed by atoms with E-state index in [1.165, 1.54) is 12.8 Å². The molecule has 2 N–H and O–H groups in total. The summed E-state index contributed by atoms with van der Waals surface area (Å²) in [4.78, 5) is 6.60. The fourth-order valence-corrected chi connectivity index (χ4v) is 2.62. The van der Waals surface area contributed by atoms with Crippen LogP contribution in [0.2, 0.25) is 0 Å². The van der Waals surface area contributed by atoms with Crippen LogP contribution in [0.15, 0.2) is 45.9 Å². The molecular formula is C17H22N4O. The number of piperidine rings is 1. The third-order valence-corrected chi connectivity index (χ3v) is 4.13. The van der Waals surface area contributed by atoms with Crippen LogP contribution in [-0.4, -0.2) is 29.1 Å². The minimum absolute atomic E-state index is 0.453. The van der Waals surface area contributed by atoms with Gasteiger partial charge in [-0.15, -0.1) is 0 Å². The number of benzene rings is 1. The van der Waals surface area contributed by atoms with Gasteiger partial charge in [-0.05, 0) is 18.8 Å². The van der Waals surface area contributed by atoms with E-state index in [4.69, 9.17) is 10.3 Å². The van der Waals surface area contributed by atoms with E-state index in [-0.39, 0.29) is 0 Å². The first-order chi connectivity index (χ1) is 10.7. The van der Waals surface area contributed by atoms with Crippen molar-refractivity contribution in [1.29, 1.82) is 0 Å². The molecule has 1 aliphatic rings. The van der Waals surface area contributed by atoms with E-state index in [2.05, 4.69) is 22.0 Å². The Morgan fingerprint density at radius 2 is 2.05 bits per heavy atom. The second-order valence-electron chi connectivity index (χ2n) is 5.89. The van der Waals surface area contributed by atoms with Gasteiger partial charge in [0.25, 0.3) is 0 Å². The molecule has 1 saturated heterocycles. The molecule has 1 aromatic carbocycles. The quantitative estimate of drug-likeness (QED) is 0.699. The second kappa shape index (κ2) is 6.64. The number of aliphatic imine (C=N–C) groups is 1. The van der Waals surface area contributed by atoms with Crippen LogP contribution < -0.4 is 5.73 Å². The summed E-state index contributed by atoms with van der Waals surface area (Å²) in [5.74, 6) is 2.15. The van der Waals surface area contributed by atoms with Gasteiger partial charge in [-0.3, -0.25) is 0 Å². The van der Waals surface area contributed by atoms with Crippen molar-refractivity contribution in [3.8, 4) is 11.3 Å². The number of rotatable bonds is 3. The third-order valence-electron chi connectivity index (χ3n) is 4.13.